The minimum absolute atomic E-state index is 0.0513. The molecule has 1 rings (SSSR count). The van der Waals surface area contributed by atoms with Gasteiger partial charge in [0, 0.05) is 10.6 Å². The summed E-state index contributed by atoms with van der Waals surface area (Å²) in [5, 5.41) is 0. The third-order valence-electron chi connectivity index (χ3n) is 2.27. The number of rotatable bonds is 5. The van der Waals surface area contributed by atoms with Gasteiger partial charge in [0.1, 0.15) is 0 Å². The van der Waals surface area contributed by atoms with Crippen molar-refractivity contribution >= 4 is 17.7 Å². The highest BCUT2D eigenvalue weighted by molar-refractivity contribution is 7.99. The number of thioether (sulfide) groups is 1. The lowest BCUT2D eigenvalue weighted by Gasteiger charge is -2.10. The number of ether oxygens (including phenoxy) is 1. The molecule has 2 nitrogen and oxygen atoms in total. The molecule has 0 aliphatic heterocycles. The molecule has 1 atom stereocenters. The minimum atomic E-state index is -0.108. The molecule has 1 unspecified atom stereocenters. The van der Waals surface area contributed by atoms with Crippen molar-refractivity contribution in [3.63, 3.8) is 0 Å². The molecule has 1 aromatic carbocycles. The van der Waals surface area contributed by atoms with Crippen molar-refractivity contribution in [2.45, 2.75) is 25.7 Å². The monoisotopic (exact) mass is 238 g/mol. The van der Waals surface area contributed by atoms with Crippen LogP contribution in [0.1, 0.15) is 19.4 Å². The van der Waals surface area contributed by atoms with E-state index in [4.69, 9.17) is 4.74 Å². The predicted octanol–water partition coefficient (Wildman–Crippen LogP) is 3.29. The van der Waals surface area contributed by atoms with E-state index < -0.39 is 0 Å². The largest absolute Gasteiger partial charge is 0.466 e. The third kappa shape index (κ3) is 3.89. The van der Waals surface area contributed by atoms with Crippen LogP contribution in [-0.2, 0) is 9.53 Å². The van der Waals surface area contributed by atoms with Gasteiger partial charge in [-0.2, -0.15) is 0 Å². The highest BCUT2D eigenvalue weighted by atomic mass is 32.2. The second-order valence-corrected chi connectivity index (χ2v) is 4.79. The summed E-state index contributed by atoms with van der Waals surface area (Å²) < 4.78 is 4.97. The van der Waals surface area contributed by atoms with Crippen LogP contribution in [0.2, 0.25) is 0 Å². The highest BCUT2D eigenvalue weighted by Gasteiger charge is 2.14. The van der Waals surface area contributed by atoms with Crippen LogP contribution in [-0.4, -0.2) is 18.3 Å². The Labute approximate surface area is 101 Å². The van der Waals surface area contributed by atoms with Gasteiger partial charge < -0.3 is 4.74 Å². The SMILES string of the molecule is CCOC(=O)C(C)CSc1ccccc1C. The van der Waals surface area contributed by atoms with Crippen LogP contribution < -0.4 is 0 Å². The second kappa shape index (κ2) is 6.59. The lowest BCUT2D eigenvalue weighted by Crippen LogP contribution is -2.16. The first kappa shape index (κ1) is 13.1. The average molecular weight is 238 g/mol. The summed E-state index contributed by atoms with van der Waals surface area (Å²) in [4.78, 5) is 12.6. The summed E-state index contributed by atoms with van der Waals surface area (Å²) in [5.41, 5.74) is 1.25. The van der Waals surface area contributed by atoms with Crippen molar-refractivity contribution in [3.05, 3.63) is 29.8 Å². The van der Waals surface area contributed by atoms with E-state index in [-0.39, 0.29) is 11.9 Å². The van der Waals surface area contributed by atoms with E-state index >= 15 is 0 Å². The van der Waals surface area contributed by atoms with Gasteiger partial charge in [0.2, 0.25) is 0 Å². The third-order valence-corrected chi connectivity index (χ3v) is 3.71. The predicted molar refractivity (Wildman–Crippen MR) is 67.7 cm³/mol. The van der Waals surface area contributed by atoms with E-state index in [1.54, 1.807) is 11.8 Å². The molecule has 0 aliphatic rings. The molecule has 0 radical (unpaired) electrons. The van der Waals surface area contributed by atoms with Crippen LogP contribution in [0.15, 0.2) is 29.2 Å². The quantitative estimate of drug-likeness (QED) is 0.581. The first-order chi connectivity index (χ1) is 7.65. The topological polar surface area (TPSA) is 26.3 Å². The van der Waals surface area contributed by atoms with Crippen LogP contribution in [0.4, 0.5) is 0 Å². The molecule has 0 saturated carbocycles. The van der Waals surface area contributed by atoms with Crippen molar-refractivity contribution in [2.75, 3.05) is 12.4 Å². The summed E-state index contributed by atoms with van der Waals surface area (Å²) in [6, 6.07) is 8.20. The summed E-state index contributed by atoms with van der Waals surface area (Å²) >= 11 is 1.71. The maximum Gasteiger partial charge on any atom is 0.309 e. The van der Waals surface area contributed by atoms with E-state index in [0.717, 1.165) is 5.75 Å². The van der Waals surface area contributed by atoms with Gasteiger partial charge in [0.25, 0.3) is 0 Å². The molecule has 0 amide bonds. The van der Waals surface area contributed by atoms with Gasteiger partial charge >= 0.3 is 5.97 Å². The highest BCUT2D eigenvalue weighted by Crippen LogP contribution is 2.24. The van der Waals surface area contributed by atoms with Crippen LogP contribution in [0.25, 0.3) is 0 Å². The fourth-order valence-corrected chi connectivity index (χ4v) is 2.32. The number of benzene rings is 1. The fourth-order valence-electron chi connectivity index (χ4n) is 1.29. The molecule has 0 N–H and O–H groups in total. The van der Waals surface area contributed by atoms with E-state index in [1.807, 2.05) is 26.0 Å². The Kier molecular flexibility index (Phi) is 5.39. The summed E-state index contributed by atoms with van der Waals surface area (Å²) in [6.07, 6.45) is 0. The lowest BCUT2D eigenvalue weighted by molar-refractivity contribution is -0.146. The first-order valence-corrected chi connectivity index (χ1v) is 6.48. The average Bonchev–Trinajstić information content (AvgIpc) is 2.28. The van der Waals surface area contributed by atoms with Crippen molar-refractivity contribution < 1.29 is 9.53 Å². The van der Waals surface area contributed by atoms with Gasteiger partial charge in [0.15, 0.2) is 0 Å². The zero-order valence-corrected chi connectivity index (χ0v) is 10.8. The van der Waals surface area contributed by atoms with Gasteiger partial charge in [-0.3, -0.25) is 4.79 Å². The van der Waals surface area contributed by atoms with Crippen molar-refractivity contribution in [2.24, 2.45) is 5.92 Å². The number of aryl methyl sites for hydroxylation is 1. The normalized spacial score (nSPS) is 12.2. The van der Waals surface area contributed by atoms with Gasteiger partial charge in [-0.15, -0.1) is 11.8 Å². The van der Waals surface area contributed by atoms with Crippen LogP contribution >= 0.6 is 11.8 Å². The zero-order chi connectivity index (χ0) is 12.0. The maximum atomic E-state index is 11.4. The van der Waals surface area contributed by atoms with Crippen LogP contribution in [0, 0.1) is 12.8 Å². The number of carbonyl (C=O) groups excluding carboxylic acids is 1. The lowest BCUT2D eigenvalue weighted by atomic mass is 10.2. The summed E-state index contributed by atoms with van der Waals surface area (Å²) in [6.45, 7) is 6.28. The van der Waals surface area contributed by atoms with Gasteiger partial charge in [0.05, 0.1) is 12.5 Å². The molecule has 0 heterocycles. The molecule has 0 aromatic heterocycles. The Bertz CT molecular complexity index is 350. The number of hydrogen-bond donors (Lipinski definition) is 0. The number of hydrogen-bond acceptors (Lipinski definition) is 3. The van der Waals surface area contributed by atoms with Crippen molar-refractivity contribution in [3.8, 4) is 0 Å². The summed E-state index contributed by atoms with van der Waals surface area (Å²) in [7, 11) is 0. The molecular formula is C13H18O2S. The molecule has 0 aliphatic carbocycles. The standard InChI is InChI=1S/C13H18O2S/c1-4-15-13(14)11(3)9-16-12-8-6-5-7-10(12)2/h5-8,11H,4,9H2,1-3H3. The number of carbonyl (C=O) groups is 1. The molecule has 0 fully saturated rings. The Morgan fingerprint density at radius 2 is 2.12 bits per heavy atom. The Hall–Kier alpha value is -0.960. The first-order valence-electron chi connectivity index (χ1n) is 5.50. The smallest absolute Gasteiger partial charge is 0.309 e. The summed E-state index contributed by atoms with van der Waals surface area (Å²) in [5.74, 6) is 0.608. The second-order valence-electron chi connectivity index (χ2n) is 3.73. The van der Waals surface area contributed by atoms with Crippen molar-refractivity contribution in [1.29, 1.82) is 0 Å². The van der Waals surface area contributed by atoms with E-state index in [2.05, 4.69) is 19.1 Å². The zero-order valence-electron chi connectivity index (χ0n) is 10.0. The minimum Gasteiger partial charge on any atom is -0.466 e. The molecular weight excluding hydrogens is 220 g/mol. The van der Waals surface area contributed by atoms with E-state index in [9.17, 15) is 4.79 Å². The molecule has 0 bridgehead atoms. The Morgan fingerprint density at radius 1 is 1.44 bits per heavy atom. The van der Waals surface area contributed by atoms with Gasteiger partial charge in [-0.05, 0) is 25.5 Å². The number of esters is 1. The van der Waals surface area contributed by atoms with Gasteiger partial charge in [-0.1, -0.05) is 25.1 Å². The molecule has 16 heavy (non-hydrogen) atoms. The maximum absolute atomic E-state index is 11.4. The molecule has 0 spiro atoms. The van der Waals surface area contributed by atoms with Crippen LogP contribution in [0.5, 0.6) is 0 Å². The fraction of sp³-hybridized carbons (Fsp3) is 0.462. The molecule has 3 heteroatoms. The van der Waals surface area contributed by atoms with E-state index in [1.165, 1.54) is 10.5 Å². The molecule has 1 aromatic rings. The van der Waals surface area contributed by atoms with Gasteiger partial charge in [-0.25, -0.2) is 0 Å². The molecule has 0 saturated heterocycles. The Balaban J connectivity index is 2.46. The Morgan fingerprint density at radius 3 is 2.75 bits per heavy atom. The van der Waals surface area contributed by atoms with E-state index in [0.29, 0.717) is 6.61 Å². The molecule has 88 valence electrons. The van der Waals surface area contributed by atoms with Crippen molar-refractivity contribution in [1.82, 2.24) is 0 Å². The van der Waals surface area contributed by atoms with Crippen LogP contribution in [0.3, 0.4) is 0 Å².